The second kappa shape index (κ2) is 5.08. The van der Waals surface area contributed by atoms with Crippen molar-refractivity contribution in [3.63, 3.8) is 0 Å². The molecule has 4 nitrogen and oxygen atoms in total. The van der Waals surface area contributed by atoms with E-state index >= 15 is 0 Å². The lowest BCUT2D eigenvalue weighted by molar-refractivity contribution is 0.391. The van der Waals surface area contributed by atoms with Crippen LogP contribution in [0.4, 0.5) is 0 Å². The Kier molecular flexibility index (Phi) is 3.52. The van der Waals surface area contributed by atoms with E-state index in [9.17, 15) is 0 Å². The summed E-state index contributed by atoms with van der Waals surface area (Å²) in [6.07, 6.45) is 2.35. The van der Waals surface area contributed by atoms with Gasteiger partial charge in [0.2, 0.25) is 0 Å². The quantitative estimate of drug-likeness (QED) is 0.626. The average molecular weight is 234 g/mol. The van der Waals surface area contributed by atoms with Crippen molar-refractivity contribution < 1.29 is 9.47 Å². The Hall–Kier alpha value is -1.71. The summed E-state index contributed by atoms with van der Waals surface area (Å²) in [4.78, 5) is 4.39. The topological polar surface area (TPSA) is 56.8 Å². The molecule has 0 saturated heterocycles. The Morgan fingerprint density at radius 1 is 1.35 bits per heavy atom. The first-order valence-corrected chi connectivity index (χ1v) is 5.75. The molecule has 1 aromatic carbocycles. The molecule has 2 rings (SSSR count). The third-order valence-corrected chi connectivity index (χ3v) is 2.92. The highest BCUT2D eigenvalue weighted by Gasteiger charge is 2.25. The first-order chi connectivity index (χ1) is 8.24. The molecule has 1 aliphatic carbocycles. The molecule has 1 saturated carbocycles. The molecule has 0 bridgehead atoms. The number of nitrogens with zero attached hydrogens (tertiary/aromatic N) is 1. The highest BCUT2D eigenvalue weighted by atomic mass is 16.5. The van der Waals surface area contributed by atoms with Gasteiger partial charge in [-0.1, -0.05) is 0 Å². The van der Waals surface area contributed by atoms with Crippen molar-refractivity contribution in [2.24, 2.45) is 16.6 Å². The molecule has 2 N–H and O–H groups in total. The van der Waals surface area contributed by atoms with Gasteiger partial charge in [0.25, 0.3) is 0 Å². The predicted molar refractivity (Wildman–Crippen MR) is 67.6 cm³/mol. The second-order valence-corrected chi connectivity index (χ2v) is 4.19. The lowest BCUT2D eigenvalue weighted by Gasteiger charge is -2.08. The maximum Gasteiger partial charge on any atom is 0.127 e. The van der Waals surface area contributed by atoms with E-state index in [1.54, 1.807) is 14.2 Å². The SMILES string of the molecule is COc1ccc(CN=C(N)C2CC2)c(OC)c1. The van der Waals surface area contributed by atoms with Gasteiger partial charge in [-0.05, 0) is 25.0 Å². The fourth-order valence-electron chi connectivity index (χ4n) is 1.67. The molecule has 1 aliphatic rings. The molecule has 92 valence electrons. The highest BCUT2D eigenvalue weighted by molar-refractivity contribution is 5.84. The summed E-state index contributed by atoms with van der Waals surface area (Å²) in [7, 11) is 3.28. The third-order valence-electron chi connectivity index (χ3n) is 2.92. The van der Waals surface area contributed by atoms with Crippen molar-refractivity contribution in [3.05, 3.63) is 23.8 Å². The predicted octanol–water partition coefficient (Wildman–Crippen LogP) is 1.97. The fourth-order valence-corrected chi connectivity index (χ4v) is 1.67. The van der Waals surface area contributed by atoms with E-state index in [4.69, 9.17) is 15.2 Å². The molecule has 1 fully saturated rings. The highest BCUT2D eigenvalue weighted by Crippen LogP contribution is 2.30. The van der Waals surface area contributed by atoms with Crippen LogP contribution in [0.3, 0.4) is 0 Å². The van der Waals surface area contributed by atoms with Gasteiger partial charge in [-0.3, -0.25) is 4.99 Å². The Balaban J connectivity index is 2.11. The molecule has 0 atom stereocenters. The summed E-state index contributed by atoms with van der Waals surface area (Å²) < 4.78 is 10.5. The first-order valence-electron chi connectivity index (χ1n) is 5.75. The Bertz CT molecular complexity index is 425. The van der Waals surface area contributed by atoms with Crippen LogP contribution in [0.2, 0.25) is 0 Å². The number of ether oxygens (including phenoxy) is 2. The normalized spacial score (nSPS) is 15.8. The Labute approximate surface area is 101 Å². The Morgan fingerprint density at radius 3 is 2.71 bits per heavy atom. The van der Waals surface area contributed by atoms with Crippen LogP contribution in [0.1, 0.15) is 18.4 Å². The number of methoxy groups -OCH3 is 2. The monoisotopic (exact) mass is 234 g/mol. The zero-order valence-corrected chi connectivity index (χ0v) is 10.3. The van der Waals surface area contributed by atoms with Crippen molar-refractivity contribution in [1.82, 2.24) is 0 Å². The van der Waals surface area contributed by atoms with E-state index < -0.39 is 0 Å². The van der Waals surface area contributed by atoms with Crippen LogP contribution in [0, 0.1) is 5.92 Å². The molecule has 0 unspecified atom stereocenters. The number of rotatable bonds is 5. The van der Waals surface area contributed by atoms with Crippen LogP contribution in [0.5, 0.6) is 11.5 Å². The van der Waals surface area contributed by atoms with E-state index in [-0.39, 0.29) is 0 Å². The van der Waals surface area contributed by atoms with E-state index in [1.807, 2.05) is 18.2 Å². The van der Waals surface area contributed by atoms with Gasteiger partial charge in [0.05, 0.1) is 26.6 Å². The molecule has 0 amide bonds. The second-order valence-electron chi connectivity index (χ2n) is 4.19. The number of benzene rings is 1. The summed E-state index contributed by atoms with van der Waals surface area (Å²) in [6.45, 7) is 0.565. The lowest BCUT2D eigenvalue weighted by atomic mass is 10.2. The van der Waals surface area contributed by atoms with Crippen LogP contribution < -0.4 is 15.2 Å². The van der Waals surface area contributed by atoms with Crippen LogP contribution in [0.15, 0.2) is 23.2 Å². The van der Waals surface area contributed by atoms with Crippen molar-refractivity contribution in [3.8, 4) is 11.5 Å². The molecular formula is C13H18N2O2. The summed E-state index contributed by atoms with van der Waals surface area (Å²) in [5, 5.41) is 0. The third kappa shape index (κ3) is 2.90. The number of aliphatic imine (C=N–C) groups is 1. The molecule has 17 heavy (non-hydrogen) atoms. The van der Waals surface area contributed by atoms with Crippen molar-refractivity contribution in [2.75, 3.05) is 14.2 Å². The number of amidine groups is 1. The molecular weight excluding hydrogens is 216 g/mol. The minimum Gasteiger partial charge on any atom is -0.497 e. The number of nitrogens with two attached hydrogens (primary N) is 1. The van der Waals surface area contributed by atoms with E-state index in [2.05, 4.69) is 4.99 Å². The zero-order chi connectivity index (χ0) is 12.3. The molecule has 4 heteroatoms. The minimum atomic E-state index is 0.513. The van der Waals surface area contributed by atoms with Crippen LogP contribution >= 0.6 is 0 Å². The summed E-state index contributed by atoms with van der Waals surface area (Å²) in [5.74, 6) is 2.85. The smallest absolute Gasteiger partial charge is 0.127 e. The van der Waals surface area contributed by atoms with E-state index in [0.29, 0.717) is 12.5 Å². The van der Waals surface area contributed by atoms with E-state index in [0.717, 1.165) is 22.9 Å². The van der Waals surface area contributed by atoms with Gasteiger partial charge in [-0.15, -0.1) is 0 Å². The minimum absolute atomic E-state index is 0.513. The number of hydrogen-bond donors (Lipinski definition) is 1. The molecule has 0 radical (unpaired) electrons. The van der Waals surface area contributed by atoms with Crippen LogP contribution in [-0.2, 0) is 6.54 Å². The number of hydrogen-bond acceptors (Lipinski definition) is 3. The largest absolute Gasteiger partial charge is 0.497 e. The molecule has 1 aromatic rings. The van der Waals surface area contributed by atoms with Gasteiger partial charge in [0.1, 0.15) is 11.5 Å². The zero-order valence-electron chi connectivity index (χ0n) is 10.3. The maximum atomic E-state index is 5.86. The van der Waals surface area contributed by atoms with Gasteiger partial charge >= 0.3 is 0 Å². The van der Waals surface area contributed by atoms with Gasteiger partial charge < -0.3 is 15.2 Å². The summed E-state index contributed by atoms with van der Waals surface area (Å²) in [6, 6.07) is 5.72. The lowest BCUT2D eigenvalue weighted by Crippen LogP contribution is -2.14. The molecule has 0 aromatic heterocycles. The van der Waals surface area contributed by atoms with Crippen LogP contribution in [0.25, 0.3) is 0 Å². The Morgan fingerprint density at radius 2 is 2.12 bits per heavy atom. The summed E-state index contributed by atoms with van der Waals surface area (Å²) in [5.41, 5.74) is 6.88. The van der Waals surface area contributed by atoms with Gasteiger partial charge in [-0.2, -0.15) is 0 Å². The molecule has 0 heterocycles. The van der Waals surface area contributed by atoms with E-state index in [1.165, 1.54) is 12.8 Å². The van der Waals surface area contributed by atoms with Gasteiger partial charge in [-0.25, -0.2) is 0 Å². The average Bonchev–Trinajstić information content (AvgIpc) is 3.19. The summed E-state index contributed by atoms with van der Waals surface area (Å²) >= 11 is 0. The van der Waals surface area contributed by atoms with Gasteiger partial charge in [0.15, 0.2) is 0 Å². The molecule has 0 aliphatic heterocycles. The van der Waals surface area contributed by atoms with Crippen molar-refractivity contribution in [1.29, 1.82) is 0 Å². The fraction of sp³-hybridized carbons (Fsp3) is 0.462. The first kappa shape index (κ1) is 11.8. The van der Waals surface area contributed by atoms with Gasteiger partial charge in [0, 0.05) is 17.5 Å². The van der Waals surface area contributed by atoms with Crippen molar-refractivity contribution >= 4 is 5.84 Å². The van der Waals surface area contributed by atoms with Crippen LogP contribution in [-0.4, -0.2) is 20.1 Å². The van der Waals surface area contributed by atoms with Crippen molar-refractivity contribution in [2.45, 2.75) is 19.4 Å². The molecule has 0 spiro atoms. The maximum absolute atomic E-state index is 5.86. The standard InChI is InChI=1S/C13H18N2O2/c1-16-11-6-5-10(12(7-11)17-2)8-15-13(14)9-3-4-9/h5-7,9H,3-4,8H2,1-2H3,(H2,14,15).